The topological polar surface area (TPSA) is 89.2 Å². The predicted octanol–water partition coefficient (Wildman–Crippen LogP) is 3.47. The Labute approximate surface area is 141 Å². The molecule has 0 spiro atoms. The minimum absolute atomic E-state index is 0.0388. The van der Waals surface area contributed by atoms with Crippen LogP contribution in [0.4, 0.5) is 0 Å². The molecule has 0 amide bonds. The predicted molar refractivity (Wildman–Crippen MR) is 85.5 cm³/mol. The van der Waals surface area contributed by atoms with E-state index < -0.39 is 5.92 Å². The Kier molecular flexibility index (Phi) is 3.80. The van der Waals surface area contributed by atoms with Crippen molar-refractivity contribution in [1.29, 1.82) is 5.26 Å². The monoisotopic (exact) mass is 348 g/mol. The van der Waals surface area contributed by atoms with E-state index in [9.17, 15) is 10.1 Å². The van der Waals surface area contributed by atoms with Gasteiger partial charge in [0.15, 0.2) is 5.76 Å². The van der Waals surface area contributed by atoms with E-state index >= 15 is 0 Å². The van der Waals surface area contributed by atoms with Crippen molar-refractivity contribution < 1.29 is 9.15 Å². The molecule has 0 radical (unpaired) electrons. The zero-order valence-corrected chi connectivity index (χ0v) is 13.4. The summed E-state index contributed by atoms with van der Waals surface area (Å²) in [5.41, 5.74) is 6.10. The van der Waals surface area contributed by atoms with Gasteiger partial charge < -0.3 is 14.9 Å². The van der Waals surface area contributed by atoms with Crippen LogP contribution in [0.25, 0.3) is 0 Å². The molecule has 2 N–H and O–H groups in total. The average Bonchev–Trinajstić information content (AvgIpc) is 2.47. The number of aryl methyl sites for hydroxylation is 1. The largest absolute Gasteiger partial charge is 0.461 e. The Hall–Kier alpha value is -2.42. The summed E-state index contributed by atoms with van der Waals surface area (Å²) in [5.74, 6) is -0.327. The van der Waals surface area contributed by atoms with E-state index in [1.165, 1.54) is 6.07 Å². The molecular formula is C16H10Cl2N2O3. The van der Waals surface area contributed by atoms with Crippen molar-refractivity contribution in [3.05, 3.63) is 73.1 Å². The lowest BCUT2D eigenvalue weighted by Gasteiger charge is -2.25. The lowest BCUT2D eigenvalue weighted by Crippen LogP contribution is -2.25. The van der Waals surface area contributed by atoms with Gasteiger partial charge in [0.05, 0.1) is 5.92 Å². The lowest BCUT2D eigenvalue weighted by atomic mass is 9.87. The quantitative estimate of drug-likeness (QED) is 0.851. The van der Waals surface area contributed by atoms with Crippen molar-refractivity contribution >= 4 is 23.2 Å². The second-order valence-electron chi connectivity index (χ2n) is 5.01. The van der Waals surface area contributed by atoms with Gasteiger partial charge in [0.1, 0.15) is 17.4 Å². The SMILES string of the molecule is Cc1cc(=O)c2c(o1)C(c1ccc(Cl)cc1Cl)C(C#N)=C(N)O2. The van der Waals surface area contributed by atoms with E-state index in [1.807, 2.05) is 6.07 Å². The van der Waals surface area contributed by atoms with Crippen molar-refractivity contribution in [3.8, 4) is 11.8 Å². The maximum absolute atomic E-state index is 12.1. The van der Waals surface area contributed by atoms with Gasteiger partial charge in [-0.05, 0) is 24.6 Å². The number of rotatable bonds is 1. The van der Waals surface area contributed by atoms with Gasteiger partial charge in [0, 0.05) is 16.1 Å². The van der Waals surface area contributed by atoms with Crippen LogP contribution in [0.2, 0.25) is 10.0 Å². The minimum Gasteiger partial charge on any atom is -0.461 e. The number of hydrogen-bond acceptors (Lipinski definition) is 5. The van der Waals surface area contributed by atoms with E-state index in [-0.39, 0.29) is 28.4 Å². The smallest absolute Gasteiger partial charge is 0.228 e. The van der Waals surface area contributed by atoms with Crippen LogP contribution in [0.1, 0.15) is 23.0 Å². The van der Waals surface area contributed by atoms with Crippen molar-refractivity contribution in [2.24, 2.45) is 5.73 Å². The first-order valence-corrected chi connectivity index (χ1v) is 7.35. The van der Waals surface area contributed by atoms with Gasteiger partial charge in [-0.2, -0.15) is 5.26 Å². The zero-order chi connectivity index (χ0) is 16.7. The number of ether oxygens (including phenoxy) is 1. The molecular weight excluding hydrogens is 339 g/mol. The summed E-state index contributed by atoms with van der Waals surface area (Å²) in [4.78, 5) is 12.1. The van der Waals surface area contributed by atoms with Gasteiger partial charge in [-0.3, -0.25) is 4.79 Å². The molecule has 5 nitrogen and oxygen atoms in total. The number of nitrogens with zero attached hydrogens (tertiary/aromatic N) is 1. The van der Waals surface area contributed by atoms with E-state index in [0.29, 0.717) is 21.4 Å². The molecule has 116 valence electrons. The molecule has 1 unspecified atom stereocenters. The molecule has 0 saturated heterocycles. The maximum atomic E-state index is 12.1. The van der Waals surface area contributed by atoms with Gasteiger partial charge in [-0.25, -0.2) is 0 Å². The highest BCUT2D eigenvalue weighted by Crippen LogP contribution is 2.43. The molecule has 0 saturated carbocycles. The number of allylic oxidation sites excluding steroid dienone is 1. The molecule has 0 bridgehead atoms. The molecule has 2 heterocycles. The van der Waals surface area contributed by atoms with Crippen LogP contribution >= 0.6 is 23.2 Å². The zero-order valence-electron chi connectivity index (χ0n) is 11.9. The van der Waals surface area contributed by atoms with Crippen LogP contribution in [0.15, 0.2) is 44.9 Å². The summed E-state index contributed by atoms with van der Waals surface area (Å²) in [7, 11) is 0. The first kappa shape index (κ1) is 15.5. The summed E-state index contributed by atoms with van der Waals surface area (Å²) in [6.07, 6.45) is 0. The summed E-state index contributed by atoms with van der Waals surface area (Å²) in [6, 6.07) is 8.14. The first-order valence-electron chi connectivity index (χ1n) is 6.59. The number of fused-ring (bicyclic) bond motifs is 1. The van der Waals surface area contributed by atoms with Crippen LogP contribution in [-0.4, -0.2) is 0 Å². The van der Waals surface area contributed by atoms with Crippen LogP contribution < -0.4 is 15.9 Å². The fourth-order valence-electron chi connectivity index (χ4n) is 2.50. The van der Waals surface area contributed by atoms with E-state index in [0.717, 1.165) is 0 Å². The van der Waals surface area contributed by atoms with Gasteiger partial charge >= 0.3 is 0 Å². The molecule has 0 fully saturated rings. The number of benzene rings is 1. The fraction of sp³-hybridized carbons (Fsp3) is 0.125. The number of hydrogen-bond donors (Lipinski definition) is 1. The molecule has 2 aromatic rings. The van der Waals surface area contributed by atoms with E-state index in [4.69, 9.17) is 38.1 Å². The highest BCUT2D eigenvalue weighted by Gasteiger charge is 2.36. The summed E-state index contributed by atoms with van der Waals surface area (Å²) in [6.45, 7) is 1.63. The van der Waals surface area contributed by atoms with Crippen molar-refractivity contribution in [1.82, 2.24) is 0 Å². The van der Waals surface area contributed by atoms with Crippen molar-refractivity contribution in [2.45, 2.75) is 12.8 Å². The molecule has 1 aromatic carbocycles. The third-order valence-corrected chi connectivity index (χ3v) is 4.04. The fourth-order valence-corrected chi connectivity index (χ4v) is 3.02. The molecule has 23 heavy (non-hydrogen) atoms. The van der Waals surface area contributed by atoms with Crippen molar-refractivity contribution in [3.63, 3.8) is 0 Å². The second kappa shape index (κ2) is 5.65. The van der Waals surface area contributed by atoms with Crippen LogP contribution in [0.5, 0.6) is 5.75 Å². The number of nitriles is 1. The van der Waals surface area contributed by atoms with Gasteiger partial charge in [-0.1, -0.05) is 29.3 Å². The number of nitrogens with two attached hydrogens (primary N) is 1. The molecule has 1 atom stereocenters. The molecule has 3 rings (SSSR count). The van der Waals surface area contributed by atoms with Gasteiger partial charge in [0.25, 0.3) is 0 Å². The van der Waals surface area contributed by atoms with Crippen LogP contribution in [0.3, 0.4) is 0 Å². The lowest BCUT2D eigenvalue weighted by molar-refractivity contribution is 0.337. The molecule has 0 aliphatic carbocycles. The Balaban J connectivity index is 2.34. The highest BCUT2D eigenvalue weighted by molar-refractivity contribution is 6.35. The first-order chi connectivity index (χ1) is 10.9. The Morgan fingerprint density at radius 3 is 2.70 bits per heavy atom. The van der Waals surface area contributed by atoms with Crippen LogP contribution in [0, 0.1) is 18.3 Å². The summed E-state index contributed by atoms with van der Waals surface area (Å²) >= 11 is 12.2. The maximum Gasteiger partial charge on any atom is 0.228 e. The normalized spacial score (nSPS) is 16.5. The average molecular weight is 349 g/mol. The minimum atomic E-state index is -0.735. The summed E-state index contributed by atoms with van der Waals surface area (Å²) in [5, 5.41) is 10.2. The number of halogens is 2. The van der Waals surface area contributed by atoms with Crippen LogP contribution in [-0.2, 0) is 0 Å². The molecule has 1 aromatic heterocycles. The van der Waals surface area contributed by atoms with E-state index in [2.05, 4.69) is 0 Å². The Morgan fingerprint density at radius 2 is 2.04 bits per heavy atom. The van der Waals surface area contributed by atoms with Gasteiger partial charge in [0.2, 0.25) is 17.1 Å². The third kappa shape index (κ3) is 2.56. The third-order valence-electron chi connectivity index (χ3n) is 3.48. The molecule has 1 aliphatic heterocycles. The molecule has 7 heteroatoms. The van der Waals surface area contributed by atoms with E-state index in [1.54, 1.807) is 25.1 Å². The second-order valence-corrected chi connectivity index (χ2v) is 5.85. The van der Waals surface area contributed by atoms with Crippen molar-refractivity contribution in [2.75, 3.05) is 0 Å². The Morgan fingerprint density at radius 1 is 1.30 bits per heavy atom. The highest BCUT2D eigenvalue weighted by atomic mass is 35.5. The Bertz CT molecular complexity index is 941. The standard InChI is InChI=1S/C16H10Cl2N2O3/c1-7-4-12(21)14-15(22-7)13(10(6-19)16(20)23-14)9-3-2-8(17)5-11(9)18/h2-5,13H,20H2,1H3. The molecule has 1 aliphatic rings. The summed E-state index contributed by atoms with van der Waals surface area (Å²) < 4.78 is 11.0. The van der Waals surface area contributed by atoms with Gasteiger partial charge in [-0.15, -0.1) is 0 Å².